The number of likely N-dealkylation sites (N-methyl/N-ethyl adjacent to an activating group) is 1. The van der Waals surface area contributed by atoms with E-state index in [0.29, 0.717) is 6.61 Å². The Morgan fingerprint density at radius 2 is 1.88 bits per heavy atom. The Balaban J connectivity index is 2.01. The minimum Gasteiger partial charge on any atom is -0.492 e. The Bertz CT molecular complexity index is 795. The molecule has 0 saturated carbocycles. The largest absolute Gasteiger partial charge is 0.492 e. The van der Waals surface area contributed by atoms with Gasteiger partial charge in [-0.15, -0.1) is 0 Å². The van der Waals surface area contributed by atoms with Crippen LogP contribution in [0.3, 0.4) is 0 Å². The molecule has 0 spiro atoms. The fourth-order valence-corrected chi connectivity index (χ4v) is 2.60. The van der Waals surface area contributed by atoms with Crippen molar-refractivity contribution in [2.45, 2.75) is 6.92 Å². The summed E-state index contributed by atoms with van der Waals surface area (Å²) < 4.78 is 11.5. The standard InChI is InChI=1S/C20H22N2O2/c1-15-8-9-17(20-13-21-14-24-20)18(12-15)16-6-4-5-7-19(16)23-11-10-22(2)3/h4-9,12-14H,10-11H2,1-3H3. The maximum absolute atomic E-state index is 6.03. The van der Waals surface area contributed by atoms with Gasteiger partial charge >= 0.3 is 0 Å². The average Bonchev–Trinajstić information content (AvgIpc) is 3.09. The molecule has 1 heterocycles. The monoisotopic (exact) mass is 322 g/mol. The molecule has 24 heavy (non-hydrogen) atoms. The highest BCUT2D eigenvalue weighted by atomic mass is 16.5. The molecule has 0 aliphatic heterocycles. The van der Waals surface area contributed by atoms with Crippen LogP contribution in [0, 0.1) is 6.92 Å². The van der Waals surface area contributed by atoms with Crippen molar-refractivity contribution in [3.8, 4) is 28.2 Å². The van der Waals surface area contributed by atoms with Crippen LogP contribution in [0.4, 0.5) is 0 Å². The van der Waals surface area contributed by atoms with Crippen LogP contribution in [0.15, 0.2) is 59.5 Å². The highest BCUT2D eigenvalue weighted by Crippen LogP contribution is 2.37. The fraction of sp³-hybridized carbons (Fsp3) is 0.250. The molecular formula is C20H22N2O2. The Hall–Kier alpha value is -2.59. The van der Waals surface area contributed by atoms with Gasteiger partial charge in [-0.1, -0.05) is 42.0 Å². The van der Waals surface area contributed by atoms with Crippen LogP contribution in [0.2, 0.25) is 0 Å². The molecule has 4 heteroatoms. The summed E-state index contributed by atoms with van der Waals surface area (Å²) >= 11 is 0. The van der Waals surface area contributed by atoms with Crippen molar-refractivity contribution >= 4 is 0 Å². The Morgan fingerprint density at radius 1 is 1.04 bits per heavy atom. The van der Waals surface area contributed by atoms with Gasteiger partial charge in [0, 0.05) is 17.7 Å². The number of hydrogen-bond acceptors (Lipinski definition) is 4. The van der Waals surface area contributed by atoms with Crippen LogP contribution < -0.4 is 4.74 Å². The van der Waals surface area contributed by atoms with E-state index >= 15 is 0 Å². The highest BCUT2D eigenvalue weighted by molar-refractivity contribution is 5.84. The van der Waals surface area contributed by atoms with Gasteiger partial charge < -0.3 is 14.1 Å². The van der Waals surface area contributed by atoms with Gasteiger partial charge in [0.2, 0.25) is 0 Å². The zero-order valence-corrected chi connectivity index (χ0v) is 14.3. The topological polar surface area (TPSA) is 38.5 Å². The molecule has 0 fully saturated rings. The normalized spacial score (nSPS) is 11.0. The third-order valence-corrected chi connectivity index (χ3v) is 3.85. The van der Waals surface area contributed by atoms with Gasteiger partial charge in [0.1, 0.15) is 12.4 Å². The van der Waals surface area contributed by atoms with E-state index < -0.39 is 0 Å². The Labute approximate surface area is 142 Å². The number of hydrogen-bond donors (Lipinski definition) is 0. The van der Waals surface area contributed by atoms with Crippen molar-refractivity contribution < 1.29 is 9.15 Å². The minimum absolute atomic E-state index is 0.646. The number of oxazole rings is 1. The van der Waals surface area contributed by atoms with Crippen LogP contribution in [0.5, 0.6) is 5.75 Å². The Morgan fingerprint density at radius 3 is 2.62 bits per heavy atom. The second kappa shape index (κ2) is 7.32. The lowest BCUT2D eigenvalue weighted by Crippen LogP contribution is -2.19. The zero-order chi connectivity index (χ0) is 16.9. The molecule has 1 aromatic heterocycles. The number of aromatic nitrogens is 1. The summed E-state index contributed by atoms with van der Waals surface area (Å²) in [4.78, 5) is 6.15. The maximum Gasteiger partial charge on any atom is 0.181 e. The molecule has 0 N–H and O–H groups in total. The number of para-hydroxylation sites is 1. The van der Waals surface area contributed by atoms with Crippen LogP contribution >= 0.6 is 0 Å². The SMILES string of the molecule is Cc1ccc(-c2cnco2)c(-c2ccccc2OCCN(C)C)c1. The maximum atomic E-state index is 6.03. The van der Waals surface area contributed by atoms with Gasteiger partial charge in [-0.2, -0.15) is 0 Å². The van der Waals surface area contributed by atoms with E-state index in [2.05, 4.69) is 41.1 Å². The quantitative estimate of drug-likeness (QED) is 0.680. The summed E-state index contributed by atoms with van der Waals surface area (Å²) in [5.41, 5.74) is 4.36. The molecule has 0 unspecified atom stereocenters. The molecule has 0 saturated heterocycles. The molecule has 0 amide bonds. The molecule has 4 nitrogen and oxygen atoms in total. The number of benzene rings is 2. The van der Waals surface area contributed by atoms with E-state index in [1.165, 1.54) is 12.0 Å². The van der Waals surface area contributed by atoms with Gasteiger partial charge in [0.05, 0.1) is 6.20 Å². The lowest BCUT2D eigenvalue weighted by molar-refractivity contribution is 0.262. The summed E-state index contributed by atoms with van der Waals surface area (Å²) in [6.07, 6.45) is 3.20. The summed E-state index contributed by atoms with van der Waals surface area (Å²) in [5.74, 6) is 1.64. The van der Waals surface area contributed by atoms with Crippen molar-refractivity contribution in [3.63, 3.8) is 0 Å². The van der Waals surface area contributed by atoms with E-state index in [1.807, 2.05) is 32.3 Å². The summed E-state index contributed by atoms with van der Waals surface area (Å²) in [7, 11) is 4.08. The number of aryl methyl sites for hydroxylation is 1. The first kappa shape index (κ1) is 16.3. The Kier molecular flexibility index (Phi) is 4.96. The summed E-state index contributed by atoms with van der Waals surface area (Å²) in [6.45, 7) is 3.60. The molecule has 0 bridgehead atoms. The van der Waals surface area contributed by atoms with Crippen LogP contribution in [-0.2, 0) is 0 Å². The third kappa shape index (κ3) is 3.66. The summed E-state index contributed by atoms with van der Waals surface area (Å²) in [5, 5.41) is 0. The first-order valence-corrected chi connectivity index (χ1v) is 8.01. The van der Waals surface area contributed by atoms with E-state index in [0.717, 1.165) is 34.7 Å². The molecule has 2 aromatic carbocycles. The minimum atomic E-state index is 0.646. The van der Waals surface area contributed by atoms with E-state index in [4.69, 9.17) is 9.15 Å². The lowest BCUT2D eigenvalue weighted by Gasteiger charge is -2.16. The van der Waals surface area contributed by atoms with Crippen molar-refractivity contribution in [1.82, 2.24) is 9.88 Å². The molecular weight excluding hydrogens is 300 g/mol. The first-order chi connectivity index (χ1) is 11.6. The van der Waals surface area contributed by atoms with Crippen molar-refractivity contribution in [2.75, 3.05) is 27.2 Å². The second-order valence-electron chi connectivity index (χ2n) is 6.06. The van der Waals surface area contributed by atoms with Gasteiger partial charge in [-0.05, 0) is 32.6 Å². The molecule has 0 radical (unpaired) electrons. The lowest BCUT2D eigenvalue weighted by atomic mass is 9.95. The van der Waals surface area contributed by atoms with Gasteiger partial charge in [-0.25, -0.2) is 4.98 Å². The van der Waals surface area contributed by atoms with Gasteiger partial charge in [0.25, 0.3) is 0 Å². The molecule has 0 aliphatic rings. The number of nitrogens with zero attached hydrogens (tertiary/aromatic N) is 2. The number of ether oxygens (including phenoxy) is 1. The molecule has 0 aliphatic carbocycles. The molecule has 124 valence electrons. The van der Waals surface area contributed by atoms with E-state index in [1.54, 1.807) is 6.20 Å². The smallest absolute Gasteiger partial charge is 0.181 e. The van der Waals surface area contributed by atoms with E-state index in [9.17, 15) is 0 Å². The van der Waals surface area contributed by atoms with Gasteiger partial charge in [0.15, 0.2) is 12.2 Å². The highest BCUT2D eigenvalue weighted by Gasteiger charge is 2.14. The second-order valence-corrected chi connectivity index (χ2v) is 6.06. The van der Waals surface area contributed by atoms with Gasteiger partial charge in [-0.3, -0.25) is 0 Å². The zero-order valence-electron chi connectivity index (χ0n) is 14.3. The number of rotatable bonds is 6. The van der Waals surface area contributed by atoms with Crippen molar-refractivity contribution in [2.24, 2.45) is 0 Å². The van der Waals surface area contributed by atoms with E-state index in [-0.39, 0.29) is 0 Å². The fourth-order valence-electron chi connectivity index (χ4n) is 2.60. The average molecular weight is 322 g/mol. The van der Waals surface area contributed by atoms with Crippen LogP contribution in [-0.4, -0.2) is 37.1 Å². The van der Waals surface area contributed by atoms with Crippen LogP contribution in [0.25, 0.3) is 22.5 Å². The van der Waals surface area contributed by atoms with Crippen molar-refractivity contribution in [3.05, 3.63) is 60.6 Å². The molecule has 0 atom stereocenters. The molecule has 3 aromatic rings. The van der Waals surface area contributed by atoms with Crippen LogP contribution in [0.1, 0.15) is 5.56 Å². The third-order valence-electron chi connectivity index (χ3n) is 3.85. The molecule has 3 rings (SSSR count). The van der Waals surface area contributed by atoms with Crippen molar-refractivity contribution in [1.29, 1.82) is 0 Å². The first-order valence-electron chi connectivity index (χ1n) is 8.01. The summed E-state index contributed by atoms with van der Waals surface area (Å²) in [6, 6.07) is 14.4. The predicted molar refractivity (Wildman–Crippen MR) is 96.2 cm³/mol. The predicted octanol–water partition coefficient (Wildman–Crippen LogP) is 4.26.